The van der Waals surface area contributed by atoms with Crippen LogP contribution in [0.5, 0.6) is 0 Å². The Kier molecular flexibility index (Phi) is 5.25. The molecule has 2 aliphatic heterocycles. The summed E-state index contributed by atoms with van der Waals surface area (Å²) in [5.74, 6) is -0.702. The molecule has 152 valence electrons. The summed E-state index contributed by atoms with van der Waals surface area (Å²) in [6.07, 6.45) is -1.99. The van der Waals surface area contributed by atoms with E-state index >= 15 is 0 Å². The fourth-order valence-electron chi connectivity index (χ4n) is 3.06. The number of hydrogen-bond acceptors (Lipinski definition) is 6. The second kappa shape index (κ2) is 7.10. The van der Waals surface area contributed by atoms with Crippen LogP contribution in [-0.4, -0.2) is 41.8 Å². The van der Waals surface area contributed by atoms with Crippen LogP contribution < -0.4 is 4.90 Å². The van der Waals surface area contributed by atoms with E-state index in [9.17, 15) is 14.4 Å². The maximum Gasteiger partial charge on any atom is 0.312 e. The average Bonchev–Trinajstić information content (AvgIpc) is 2.86. The van der Waals surface area contributed by atoms with Crippen molar-refractivity contribution in [3.8, 4) is 0 Å². The van der Waals surface area contributed by atoms with E-state index in [2.05, 4.69) is 0 Å². The first-order valence-electron chi connectivity index (χ1n) is 9.38. The molecular weight excluding hydrogens is 378 g/mol. The van der Waals surface area contributed by atoms with Crippen molar-refractivity contribution in [3.05, 3.63) is 24.3 Å². The number of nitrogens with zero attached hydrogens (tertiary/aromatic N) is 1. The van der Waals surface area contributed by atoms with Crippen LogP contribution >= 0.6 is 11.8 Å². The van der Waals surface area contributed by atoms with Crippen molar-refractivity contribution in [2.45, 2.75) is 64.7 Å². The van der Waals surface area contributed by atoms with Gasteiger partial charge in [0.25, 0.3) is 5.91 Å². The summed E-state index contributed by atoms with van der Waals surface area (Å²) < 4.78 is 11.4. The molecule has 0 saturated carbocycles. The molecule has 1 saturated heterocycles. The minimum Gasteiger partial charge on any atom is -0.455 e. The molecule has 3 atom stereocenters. The number of fused-ring (bicyclic) bond motifs is 3. The lowest BCUT2D eigenvalue weighted by molar-refractivity contribution is -0.177. The van der Waals surface area contributed by atoms with Gasteiger partial charge in [-0.3, -0.25) is 14.4 Å². The van der Waals surface area contributed by atoms with Crippen LogP contribution in [0.2, 0.25) is 0 Å². The summed E-state index contributed by atoms with van der Waals surface area (Å²) in [4.78, 5) is 41.0. The summed E-state index contributed by atoms with van der Waals surface area (Å²) in [7, 11) is 0. The molecule has 3 rings (SSSR count). The lowest BCUT2D eigenvalue weighted by atomic mass is 9.96. The van der Waals surface area contributed by atoms with Crippen LogP contribution in [0.3, 0.4) is 0 Å². The minimum atomic E-state index is -1.14. The Morgan fingerprint density at radius 1 is 1.00 bits per heavy atom. The number of esters is 2. The molecule has 0 aromatic heterocycles. The van der Waals surface area contributed by atoms with E-state index in [0.29, 0.717) is 5.75 Å². The third-order valence-electron chi connectivity index (χ3n) is 4.73. The monoisotopic (exact) mass is 405 g/mol. The molecule has 0 N–H and O–H groups in total. The third kappa shape index (κ3) is 3.77. The molecule has 1 fully saturated rings. The van der Waals surface area contributed by atoms with E-state index in [4.69, 9.17) is 9.47 Å². The van der Waals surface area contributed by atoms with Gasteiger partial charge >= 0.3 is 11.9 Å². The lowest BCUT2D eigenvalue weighted by Crippen LogP contribution is -2.45. The molecule has 1 aromatic carbocycles. The molecule has 1 amide bonds. The van der Waals surface area contributed by atoms with Gasteiger partial charge in [-0.15, -0.1) is 11.8 Å². The van der Waals surface area contributed by atoms with E-state index in [-0.39, 0.29) is 11.9 Å². The van der Waals surface area contributed by atoms with Crippen LogP contribution in [0.1, 0.15) is 41.5 Å². The number of hydrogen-bond donors (Lipinski definition) is 0. The highest BCUT2D eigenvalue weighted by Crippen LogP contribution is 2.43. The van der Waals surface area contributed by atoms with Crippen molar-refractivity contribution in [3.63, 3.8) is 0 Å². The van der Waals surface area contributed by atoms with Gasteiger partial charge in [-0.25, -0.2) is 0 Å². The fourth-order valence-corrected chi connectivity index (χ4v) is 4.24. The Morgan fingerprint density at radius 2 is 1.57 bits per heavy atom. The molecule has 6 nitrogen and oxygen atoms in total. The van der Waals surface area contributed by atoms with Gasteiger partial charge in [0, 0.05) is 10.6 Å². The topological polar surface area (TPSA) is 72.9 Å². The Labute approximate surface area is 169 Å². The van der Waals surface area contributed by atoms with Crippen molar-refractivity contribution < 1.29 is 23.9 Å². The van der Waals surface area contributed by atoms with E-state index in [0.717, 1.165) is 10.6 Å². The van der Waals surface area contributed by atoms with Crippen LogP contribution in [0.4, 0.5) is 5.69 Å². The second-order valence-electron chi connectivity index (χ2n) is 9.25. The summed E-state index contributed by atoms with van der Waals surface area (Å²) in [5.41, 5.74) is -0.733. The standard InChI is InChI=1S/C21H27NO5S/c1-20(2,3)18(24)26-15-13-11-28-14-10-8-7-9-12(14)22(13)17(23)16(15)27-19(25)21(4,5)6/h7-10,13,15-16H,11H2,1-6H3/t13-,15-,16-/m1/s1. The van der Waals surface area contributed by atoms with Crippen molar-refractivity contribution in [2.24, 2.45) is 10.8 Å². The number of ether oxygens (including phenoxy) is 2. The zero-order chi connectivity index (χ0) is 20.9. The van der Waals surface area contributed by atoms with Crippen LogP contribution in [0.15, 0.2) is 29.2 Å². The maximum atomic E-state index is 13.3. The second-order valence-corrected chi connectivity index (χ2v) is 10.3. The zero-order valence-electron chi connectivity index (χ0n) is 17.1. The average molecular weight is 406 g/mol. The molecule has 7 heteroatoms. The Hall–Kier alpha value is -2.02. The third-order valence-corrected chi connectivity index (χ3v) is 5.89. The van der Waals surface area contributed by atoms with Gasteiger partial charge in [0.1, 0.15) is 0 Å². The first-order chi connectivity index (χ1) is 12.9. The van der Waals surface area contributed by atoms with Gasteiger partial charge in [0.2, 0.25) is 6.10 Å². The number of amides is 1. The molecule has 2 aliphatic rings. The molecular formula is C21H27NO5S. The summed E-state index contributed by atoms with van der Waals surface area (Å²) in [6, 6.07) is 7.22. The number of rotatable bonds is 2. The number of benzene rings is 1. The fraction of sp³-hybridized carbons (Fsp3) is 0.571. The molecule has 1 aromatic rings. The van der Waals surface area contributed by atoms with E-state index in [1.165, 1.54) is 0 Å². The van der Waals surface area contributed by atoms with E-state index < -0.39 is 35.0 Å². The Bertz CT molecular complexity index is 808. The maximum absolute atomic E-state index is 13.3. The summed E-state index contributed by atoms with van der Waals surface area (Å²) in [6.45, 7) is 10.4. The first-order valence-corrected chi connectivity index (χ1v) is 10.4. The van der Waals surface area contributed by atoms with Crippen molar-refractivity contribution >= 4 is 35.3 Å². The van der Waals surface area contributed by atoms with Gasteiger partial charge < -0.3 is 14.4 Å². The highest BCUT2D eigenvalue weighted by Gasteiger charge is 2.56. The Balaban J connectivity index is 1.97. The summed E-state index contributed by atoms with van der Waals surface area (Å²) >= 11 is 1.61. The van der Waals surface area contributed by atoms with Crippen molar-refractivity contribution in [1.29, 1.82) is 0 Å². The van der Waals surface area contributed by atoms with Crippen LogP contribution in [0.25, 0.3) is 0 Å². The normalized spacial score (nSPS) is 24.4. The molecule has 28 heavy (non-hydrogen) atoms. The predicted octanol–water partition coefficient (Wildman–Crippen LogP) is 3.42. The molecule has 0 radical (unpaired) electrons. The molecule has 0 bridgehead atoms. The highest BCUT2D eigenvalue weighted by molar-refractivity contribution is 7.99. The van der Waals surface area contributed by atoms with Gasteiger partial charge in [0.15, 0.2) is 6.10 Å². The predicted molar refractivity (Wildman–Crippen MR) is 107 cm³/mol. The smallest absolute Gasteiger partial charge is 0.312 e. The quantitative estimate of drug-likeness (QED) is 0.702. The number of para-hydroxylation sites is 1. The number of carbonyl (C=O) groups excluding carboxylic acids is 3. The highest BCUT2D eigenvalue weighted by atomic mass is 32.2. The van der Waals surface area contributed by atoms with Crippen LogP contribution in [0, 0.1) is 10.8 Å². The molecule has 0 spiro atoms. The first kappa shape index (κ1) is 20.7. The Morgan fingerprint density at radius 3 is 2.18 bits per heavy atom. The van der Waals surface area contributed by atoms with E-state index in [1.54, 1.807) is 58.2 Å². The van der Waals surface area contributed by atoms with Crippen LogP contribution in [-0.2, 0) is 23.9 Å². The zero-order valence-corrected chi connectivity index (χ0v) is 18.0. The summed E-state index contributed by atoms with van der Waals surface area (Å²) in [5, 5.41) is 0. The molecule has 0 unspecified atom stereocenters. The molecule has 0 aliphatic carbocycles. The molecule has 2 heterocycles. The van der Waals surface area contributed by atoms with Gasteiger partial charge in [-0.2, -0.15) is 0 Å². The van der Waals surface area contributed by atoms with Gasteiger partial charge in [-0.05, 0) is 53.7 Å². The van der Waals surface area contributed by atoms with Crippen molar-refractivity contribution in [1.82, 2.24) is 0 Å². The van der Waals surface area contributed by atoms with Crippen molar-refractivity contribution in [2.75, 3.05) is 10.7 Å². The van der Waals surface area contributed by atoms with Gasteiger partial charge in [0.05, 0.1) is 22.6 Å². The lowest BCUT2D eigenvalue weighted by Gasteiger charge is -2.33. The largest absolute Gasteiger partial charge is 0.455 e. The van der Waals surface area contributed by atoms with E-state index in [1.807, 2.05) is 24.3 Å². The minimum absolute atomic E-state index is 0.345. The SMILES string of the molecule is CC(C)(C)C(=O)O[C@@H]1[C@H]2CSc3ccccc3N2C(=O)[C@@H]1OC(=O)C(C)(C)C. The number of thioether (sulfide) groups is 1. The number of anilines is 1. The van der Waals surface area contributed by atoms with Gasteiger partial charge in [-0.1, -0.05) is 12.1 Å². The number of carbonyl (C=O) groups is 3.